The van der Waals surface area contributed by atoms with E-state index < -0.39 is 10.0 Å². The highest BCUT2D eigenvalue weighted by molar-refractivity contribution is 7.89. The summed E-state index contributed by atoms with van der Waals surface area (Å²) in [7, 11) is -3.60. The van der Waals surface area contributed by atoms with Gasteiger partial charge in [0.15, 0.2) is 0 Å². The summed E-state index contributed by atoms with van der Waals surface area (Å²) in [6.45, 7) is 2.65. The molecule has 0 radical (unpaired) electrons. The minimum atomic E-state index is -3.60. The minimum Gasteiger partial charge on any atom is -0.398 e. The van der Waals surface area contributed by atoms with Crippen molar-refractivity contribution in [2.75, 3.05) is 12.3 Å². The van der Waals surface area contributed by atoms with Crippen molar-refractivity contribution in [3.8, 4) is 0 Å². The van der Waals surface area contributed by atoms with E-state index in [0.717, 1.165) is 6.42 Å². The second-order valence-corrected chi connectivity index (χ2v) is 7.73. The zero-order valence-electron chi connectivity index (χ0n) is 11.6. The van der Waals surface area contributed by atoms with Crippen molar-refractivity contribution in [1.82, 2.24) is 4.72 Å². The van der Waals surface area contributed by atoms with E-state index in [-0.39, 0.29) is 10.6 Å². The molecule has 1 aromatic rings. The zero-order valence-corrected chi connectivity index (χ0v) is 13.2. The number of anilines is 1. The Labute approximate surface area is 125 Å². The van der Waals surface area contributed by atoms with Crippen LogP contribution in [0.1, 0.15) is 32.6 Å². The van der Waals surface area contributed by atoms with Gasteiger partial charge < -0.3 is 5.73 Å². The Morgan fingerprint density at radius 2 is 2.05 bits per heavy atom. The normalized spacial score (nSPS) is 23.7. The smallest absolute Gasteiger partial charge is 0.242 e. The van der Waals surface area contributed by atoms with Gasteiger partial charge in [-0.25, -0.2) is 13.1 Å². The van der Waals surface area contributed by atoms with E-state index in [1.165, 1.54) is 31.4 Å². The van der Waals surface area contributed by atoms with Gasteiger partial charge in [-0.3, -0.25) is 0 Å². The van der Waals surface area contributed by atoms with Crippen LogP contribution in [0.25, 0.3) is 0 Å². The number of sulfonamides is 1. The predicted molar refractivity (Wildman–Crippen MR) is 82.2 cm³/mol. The van der Waals surface area contributed by atoms with Gasteiger partial charge in [0.2, 0.25) is 10.0 Å². The van der Waals surface area contributed by atoms with Gasteiger partial charge in [0.25, 0.3) is 0 Å². The van der Waals surface area contributed by atoms with Gasteiger partial charge in [-0.15, -0.1) is 0 Å². The van der Waals surface area contributed by atoms with Gasteiger partial charge in [-0.2, -0.15) is 0 Å². The number of benzene rings is 1. The lowest BCUT2D eigenvalue weighted by Gasteiger charge is -2.28. The lowest BCUT2D eigenvalue weighted by Crippen LogP contribution is -2.33. The summed E-state index contributed by atoms with van der Waals surface area (Å²) in [6.07, 6.45) is 4.67. The van der Waals surface area contributed by atoms with E-state index in [1.54, 1.807) is 6.07 Å². The van der Waals surface area contributed by atoms with E-state index in [2.05, 4.69) is 11.6 Å². The summed E-state index contributed by atoms with van der Waals surface area (Å²) in [5, 5.41) is 0.366. The molecule has 1 aliphatic carbocycles. The standard InChI is InChI=1S/C14H21ClN2O2S/c1-10-4-2-3-5-11(10)9-17-20(18,19)14-8-12(15)6-7-13(14)16/h6-8,10-11,17H,2-5,9,16H2,1H3. The molecule has 0 heterocycles. The van der Waals surface area contributed by atoms with Crippen LogP contribution < -0.4 is 10.5 Å². The molecule has 0 aromatic heterocycles. The van der Waals surface area contributed by atoms with Gasteiger partial charge in [0.1, 0.15) is 4.90 Å². The topological polar surface area (TPSA) is 72.2 Å². The number of hydrogen-bond acceptors (Lipinski definition) is 3. The first kappa shape index (κ1) is 15.6. The molecule has 1 aliphatic rings. The van der Waals surface area contributed by atoms with Crippen LogP contribution in [0, 0.1) is 11.8 Å². The average Bonchev–Trinajstić information content (AvgIpc) is 2.40. The molecule has 2 atom stereocenters. The molecule has 0 amide bonds. The summed E-state index contributed by atoms with van der Waals surface area (Å²) < 4.78 is 27.3. The molecule has 0 bridgehead atoms. The third-order valence-electron chi connectivity index (χ3n) is 4.09. The van der Waals surface area contributed by atoms with Crippen molar-refractivity contribution in [2.45, 2.75) is 37.5 Å². The molecule has 3 N–H and O–H groups in total. The summed E-state index contributed by atoms with van der Waals surface area (Å²) >= 11 is 5.85. The lowest BCUT2D eigenvalue weighted by atomic mass is 9.81. The first-order chi connectivity index (χ1) is 9.40. The highest BCUT2D eigenvalue weighted by Crippen LogP contribution is 2.29. The fourth-order valence-corrected chi connectivity index (χ4v) is 4.22. The molecular formula is C14H21ClN2O2S. The summed E-state index contributed by atoms with van der Waals surface area (Å²) in [4.78, 5) is 0.0634. The number of halogens is 1. The summed E-state index contributed by atoms with van der Waals surface area (Å²) in [6, 6.07) is 4.49. The van der Waals surface area contributed by atoms with Crippen molar-refractivity contribution in [2.24, 2.45) is 11.8 Å². The maximum Gasteiger partial charge on any atom is 0.242 e. The molecule has 20 heavy (non-hydrogen) atoms. The molecule has 112 valence electrons. The van der Waals surface area contributed by atoms with Crippen LogP contribution in [-0.2, 0) is 10.0 Å². The largest absolute Gasteiger partial charge is 0.398 e. The van der Waals surface area contributed by atoms with E-state index in [4.69, 9.17) is 17.3 Å². The van der Waals surface area contributed by atoms with Crippen molar-refractivity contribution >= 4 is 27.3 Å². The first-order valence-corrected chi connectivity index (χ1v) is 8.81. The van der Waals surface area contributed by atoms with Gasteiger partial charge in [0, 0.05) is 11.6 Å². The molecule has 1 saturated carbocycles. The molecule has 1 fully saturated rings. The number of rotatable bonds is 4. The van der Waals surface area contributed by atoms with Gasteiger partial charge >= 0.3 is 0 Å². The molecule has 6 heteroatoms. The molecule has 0 saturated heterocycles. The third-order valence-corrected chi connectivity index (χ3v) is 5.80. The van der Waals surface area contributed by atoms with Gasteiger partial charge in [0.05, 0.1) is 5.69 Å². The molecule has 2 rings (SSSR count). The summed E-state index contributed by atoms with van der Waals surface area (Å²) in [5.74, 6) is 0.960. The minimum absolute atomic E-state index is 0.0634. The Hall–Kier alpha value is -0.780. The van der Waals surface area contributed by atoms with Crippen LogP contribution in [-0.4, -0.2) is 15.0 Å². The van der Waals surface area contributed by atoms with E-state index >= 15 is 0 Å². The van der Waals surface area contributed by atoms with Crippen LogP contribution >= 0.6 is 11.6 Å². The SMILES string of the molecule is CC1CCCCC1CNS(=O)(=O)c1cc(Cl)ccc1N. The molecule has 0 aliphatic heterocycles. The number of nitrogens with one attached hydrogen (secondary N) is 1. The predicted octanol–water partition coefficient (Wildman–Crippen LogP) is 3.03. The Morgan fingerprint density at radius 1 is 1.35 bits per heavy atom. The van der Waals surface area contributed by atoms with Crippen LogP contribution in [0.15, 0.2) is 23.1 Å². The second kappa shape index (κ2) is 6.33. The molecule has 4 nitrogen and oxygen atoms in total. The number of hydrogen-bond donors (Lipinski definition) is 2. The maximum atomic E-state index is 12.3. The number of nitrogens with two attached hydrogens (primary N) is 1. The molecular weight excluding hydrogens is 296 g/mol. The Kier molecular flexibility index (Phi) is 4.94. The van der Waals surface area contributed by atoms with Crippen LogP contribution in [0.3, 0.4) is 0 Å². The van der Waals surface area contributed by atoms with Gasteiger partial charge in [-0.1, -0.05) is 37.8 Å². The molecule has 2 unspecified atom stereocenters. The lowest BCUT2D eigenvalue weighted by molar-refractivity contribution is 0.257. The second-order valence-electron chi connectivity index (χ2n) is 5.56. The fourth-order valence-electron chi connectivity index (χ4n) is 2.73. The van der Waals surface area contributed by atoms with Crippen molar-refractivity contribution in [3.63, 3.8) is 0 Å². The molecule has 1 aromatic carbocycles. The molecule has 0 spiro atoms. The van der Waals surface area contributed by atoms with Gasteiger partial charge in [-0.05, 0) is 36.5 Å². The Morgan fingerprint density at radius 3 is 2.75 bits per heavy atom. The summed E-state index contributed by atoms with van der Waals surface area (Å²) in [5.41, 5.74) is 5.95. The quantitative estimate of drug-likeness (QED) is 0.839. The van der Waals surface area contributed by atoms with Crippen LogP contribution in [0.4, 0.5) is 5.69 Å². The Balaban J connectivity index is 2.09. The van der Waals surface area contributed by atoms with Crippen molar-refractivity contribution in [3.05, 3.63) is 23.2 Å². The van der Waals surface area contributed by atoms with E-state index in [1.807, 2.05) is 0 Å². The highest BCUT2D eigenvalue weighted by Gasteiger charge is 2.24. The fraction of sp³-hybridized carbons (Fsp3) is 0.571. The monoisotopic (exact) mass is 316 g/mol. The number of nitrogen functional groups attached to an aromatic ring is 1. The highest BCUT2D eigenvalue weighted by atomic mass is 35.5. The first-order valence-electron chi connectivity index (χ1n) is 6.95. The zero-order chi connectivity index (χ0) is 14.8. The van der Waals surface area contributed by atoms with Crippen molar-refractivity contribution in [1.29, 1.82) is 0 Å². The third kappa shape index (κ3) is 3.65. The van der Waals surface area contributed by atoms with E-state index in [0.29, 0.717) is 23.4 Å². The average molecular weight is 317 g/mol. The Bertz CT molecular complexity index is 575. The van der Waals surface area contributed by atoms with E-state index in [9.17, 15) is 8.42 Å². The van der Waals surface area contributed by atoms with Crippen molar-refractivity contribution < 1.29 is 8.42 Å². The maximum absolute atomic E-state index is 12.3. The van der Waals surface area contributed by atoms with Crippen LogP contribution in [0.2, 0.25) is 5.02 Å². The van der Waals surface area contributed by atoms with Crippen LogP contribution in [0.5, 0.6) is 0 Å².